The third-order valence-electron chi connectivity index (χ3n) is 18.6. The highest BCUT2D eigenvalue weighted by molar-refractivity contribution is 6.00. The topological polar surface area (TPSA) is 286 Å². The summed E-state index contributed by atoms with van der Waals surface area (Å²) in [4.78, 5) is 181. The highest BCUT2D eigenvalue weighted by atomic mass is 16.3. The van der Waals surface area contributed by atoms with Crippen LogP contribution in [0.15, 0.2) is 36.7 Å². The van der Waals surface area contributed by atoms with Crippen LogP contribution < -0.4 is 16.0 Å². The van der Waals surface area contributed by atoms with E-state index in [1.807, 2.05) is 78.6 Å². The number of nitrogens with one attached hydrogen (secondary N) is 3. The van der Waals surface area contributed by atoms with Crippen molar-refractivity contribution in [3.63, 3.8) is 0 Å². The Morgan fingerprint density at radius 2 is 0.968 bits per heavy atom. The fourth-order valence-corrected chi connectivity index (χ4v) is 12.6. The van der Waals surface area contributed by atoms with Gasteiger partial charge in [-0.3, -0.25) is 57.7 Å². The third kappa shape index (κ3) is 22.5. The van der Waals surface area contributed by atoms with Gasteiger partial charge in [0.1, 0.15) is 66.5 Å². The predicted octanol–water partition coefficient (Wildman–Crippen LogP) is 4.12. The predicted molar refractivity (Wildman–Crippen MR) is 368 cm³/mol. The minimum absolute atomic E-state index is 0.0191. The van der Waals surface area contributed by atoms with Gasteiger partial charge in [-0.1, -0.05) is 108 Å². The lowest BCUT2D eigenvalue weighted by atomic mass is 9.91. The summed E-state index contributed by atoms with van der Waals surface area (Å²) in [5.74, 6) is -10.4. The third-order valence-corrected chi connectivity index (χ3v) is 18.6. The van der Waals surface area contributed by atoms with E-state index in [0.29, 0.717) is 13.0 Å². The van der Waals surface area contributed by atoms with Gasteiger partial charge >= 0.3 is 0 Å². The molecule has 1 aliphatic heterocycles. The van der Waals surface area contributed by atoms with Gasteiger partial charge in [-0.05, 0) is 120 Å². The van der Waals surface area contributed by atoms with Crippen LogP contribution in [0.3, 0.4) is 0 Å². The van der Waals surface area contributed by atoms with Crippen LogP contribution in [0.5, 0.6) is 0 Å². The van der Waals surface area contributed by atoms with Gasteiger partial charge in [-0.15, -0.1) is 0 Å². The molecule has 2 rings (SSSR count). The molecule has 0 aliphatic carbocycles. The van der Waals surface area contributed by atoms with Crippen molar-refractivity contribution >= 4 is 65.0 Å². The second kappa shape index (κ2) is 38.1. The fourth-order valence-electron chi connectivity index (χ4n) is 12.6. The summed E-state index contributed by atoms with van der Waals surface area (Å²) < 4.78 is 0. The molecular formula is C70H121N13O12. The molecule has 538 valence electrons. The second-order valence-corrected chi connectivity index (χ2v) is 28.7. The number of aliphatic hydroxyl groups is 1. The van der Waals surface area contributed by atoms with E-state index in [2.05, 4.69) is 20.9 Å². The van der Waals surface area contributed by atoms with Crippen molar-refractivity contribution in [2.75, 3.05) is 70.0 Å². The SMILES string of the molecule is C/C=C/C[C@@H](C)[C@@H](O)[C@H]1C(=O)N(C)[C@@H](CC)C(=O)N(C)[C@H](C)C(=O)N(C)[C@@H]([C@H](C)CN(C)Cc2cccnc2)C(=O)N[C@@H](C(C)C)C(=O)N(C)[C@@H](CC(C)C)C(=O)N[C@@H](C)C(=O)N[C@H](C)C(=O)N(C)[C@@H](CC(C)C)C(=O)N(C)[C@@H](CC(C)C)C(=O)N(C)[C@@H](C(C)C)C(=O)N1C. The molecule has 1 saturated heterocycles. The molecule has 95 heavy (non-hydrogen) atoms. The summed E-state index contributed by atoms with van der Waals surface area (Å²) >= 11 is 0. The number of nitrogens with zero attached hydrogens (tertiary/aromatic N) is 10. The number of aromatic nitrogens is 1. The molecule has 25 nitrogen and oxygen atoms in total. The Hall–Kier alpha value is -7.02. The zero-order chi connectivity index (χ0) is 73.1. The molecule has 0 radical (unpaired) electrons. The van der Waals surface area contributed by atoms with E-state index >= 15 is 33.6 Å². The monoisotopic (exact) mass is 1340 g/mol. The van der Waals surface area contributed by atoms with Crippen LogP contribution in [-0.4, -0.2) is 262 Å². The Morgan fingerprint density at radius 1 is 0.516 bits per heavy atom. The maximum Gasteiger partial charge on any atom is 0.248 e. The first-order valence-electron chi connectivity index (χ1n) is 33.9. The van der Waals surface area contributed by atoms with Crippen LogP contribution >= 0.6 is 0 Å². The lowest BCUT2D eigenvalue weighted by Gasteiger charge is -2.43. The molecule has 1 aliphatic rings. The number of amides is 11. The highest BCUT2D eigenvalue weighted by Crippen LogP contribution is 2.27. The highest BCUT2D eigenvalue weighted by Gasteiger charge is 2.47. The van der Waals surface area contributed by atoms with E-state index in [4.69, 9.17) is 0 Å². The minimum atomic E-state index is -1.62. The van der Waals surface area contributed by atoms with Crippen LogP contribution in [-0.2, 0) is 59.3 Å². The van der Waals surface area contributed by atoms with Crippen molar-refractivity contribution < 1.29 is 57.8 Å². The summed E-state index contributed by atoms with van der Waals surface area (Å²) in [5, 5.41) is 20.7. The molecule has 1 fully saturated rings. The van der Waals surface area contributed by atoms with Gasteiger partial charge in [-0.25, -0.2) is 0 Å². The van der Waals surface area contributed by atoms with E-state index in [-0.39, 0.29) is 50.0 Å². The Labute approximate surface area is 568 Å². The van der Waals surface area contributed by atoms with Crippen molar-refractivity contribution in [1.29, 1.82) is 0 Å². The van der Waals surface area contributed by atoms with Gasteiger partial charge in [0.05, 0.1) is 6.10 Å². The van der Waals surface area contributed by atoms with E-state index in [9.17, 15) is 24.3 Å². The quantitative estimate of drug-likeness (QED) is 0.151. The van der Waals surface area contributed by atoms with E-state index in [1.54, 1.807) is 66.9 Å². The smallest absolute Gasteiger partial charge is 0.248 e. The standard InChI is InChI=1S/C70H121N13O12/c1-27-29-31-45(13)59(84)58-70(95)77(20)51(28-2)65(90)76(19)49(17)64(89)82(25)57(46(14)38-75(18)39-50-32-30-33-71-37-50)62(87)74-55(43(9)10)68(93)78(21)52(34-40(3)4)61(86)72-47(15)60(85)73-48(16)63(88)79(22)53(35-41(5)6)66(91)80(23)54(36-42(7)8)67(92)81(24)56(44(11)12)69(94)83(58)26/h27,29-30,32-33,37,40-49,51-59,84H,28,31,34-36,38-39H2,1-26H3,(H,72,86)(H,73,85)(H,74,87)/b29-27+/t45-,46-,47+,48-,49-,51+,52+,53+,54+,55+,56+,57+,58+,59-/m1/s1. The summed E-state index contributed by atoms with van der Waals surface area (Å²) in [6.45, 7) is 30.2. The molecule has 0 saturated carbocycles. The molecule has 0 spiro atoms. The summed E-state index contributed by atoms with van der Waals surface area (Å²) in [7, 11) is 13.3. The maximum absolute atomic E-state index is 15.4. The molecule has 0 aromatic carbocycles. The Morgan fingerprint density at radius 3 is 1.45 bits per heavy atom. The lowest BCUT2D eigenvalue weighted by Crippen LogP contribution is -2.64. The molecule has 0 unspecified atom stereocenters. The Bertz CT molecular complexity index is 2780. The largest absolute Gasteiger partial charge is 0.390 e. The van der Waals surface area contributed by atoms with E-state index in [0.717, 1.165) is 10.5 Å². The number of aliphatic hydroxyl groups excluding tert-OH is 1. The van der Waals surface area contributed by atoms with E-state index in [1.165, 1.54) is 111 Å². The average Bonchev–Trinajstić information content (AvgIpc) is 0.805. The maximum atomic E-state index is 15.4. The van der Waals surface area contributed by atoms with Crippen molar-refractivity contribution in [1.82, 2.24) is 65.0 Å². The van der Waals surface area contributed by atoms with Gasteiger partial charge in [0.2, 0.25) is 65.0 Å². The number of carbonyl (C=O) groups is 11. The van der Waals surface area contributed by atoms with Crippen molar-refractivity contribution in [3.05, 3.63) is 42.2 Å². The average molecular weight is 1340 g/mol. The van der Waals surface area contributed by atoms with Crippen molar-refractivity contribution in [2.45, 2.75) is 229 Å². The summed E-state index contributed by atoms with van der Waals surface area (Å²) in [6, 6.07) is -10.2. The fraction of sp³-hybridized carbons (Fsp3) is 0.743. The van der Waals surface area contributed by atoms with E-state index < -0.39 is 161 Å². The number of hydrogen-bond acceptors (Lipinski definition) is 14. The molecule has 1 aromatic heterocycles. The van der Waals surface area contributed by atoms with Gasteiger partial charge in [0, 0.05) is 81.9 Å². The van der Waals surface area contributed by atoms with Crippen LogP contribution in [0.25, 0.3) is 0 Å². The summed E-state index contributed by atoms with van der Waals surface area (Å²) in [6.07, 6.45) is 6.21. The second-order valence-electron chi connectivity index (χ2n) is 28.7. The number of pyridine rings is 1. The van der Waals surface area contributed by atoms with Crippen LogP contribution in [0.2, 0.25) is 0 Å². The Kier molecular flexibility index (Phi) is 33.7. The first kappa shape index (κ1) is 84.1. The van der Waals surface area contributed by atoms with Crippen molar-refractivity contribution in [3.8, 4) is 0 Å². The van der Waals surface area contributed by atoms with Gasteiger partial charge < -0.3 is 65.2 Å². The first-order chi connectivity index (χ1) is 44.0. The minimum Gasteiger partial charge on any atom is -0.390 e. The van der Waals surface area contributed by atoms with Crippen LogP contribution in [0.1, 0.15) is 155 Å². The lowest BCUT2D eigenvalue weighted by molar-refractivity contribution is -0.161. The molecule has 25 heteroatoms. The molecule has 4 N–H and O–H groups in total. The molecule has 2 heterocycles. The van der Waals surface area contributed by atoms with Gasteiger partial charge in [-0.2, -0.15) is 0 Å². The zero-order valence-electron chi connectivity index (χ0n) is 62.3. The Balaban J connectivity index is 3.10. The zero-order valence-corrected chi connectivity index (χ0v) is 62.3. The molecule has 1 aromatic rings. The number of likely N-dealkylation sites (N-methyl/N-ethyl adjacent to an activating group) is 8. The molecule has 0 bridgehead atoms. The first-order valence-corrected chi connectivity index (χ1v) is 33.9. The van der Waals surface area contributed by atoms with Gasteiger partial charge in [0.15, 0.2) is 0 Å². The normalized spacial score (nSPS) is 26.5. The number of hydrogen-bond donors (Lipinski definition) is 4. The summed E-state index contributed by atoms with van der Waals surface area (Å²) in [5.41, 5.74) is 0.890. The molecule has 11 amide bonds. The number of carbonyl (C=O) groups excluding carboxylic acids is 11. The van der Waals surface area contributed by atoms with Crippen molar-refractivity contribution in [2.24, 2.45) is 41.4 Å². The molecule has 14 atom stereocenters. The number of allylic oxidation sites excluding steroid dienone is 2. The van der Waals surface area contributed by atoms with Gasteiger partial charge in [0.25, 0.3) is 0 Å². The number of rotatable bonds is 18. The van der Waals surface area contributed by atoms with Crippen LogP contribution in [0.4, 0.5) is 0 Å². The molecular weight excluding hydrogens is 1210 g/mol. The van der Waals surface area contributed by atoms with Crippen LogP contribution in [0, 0.1) is 41.4 Å².